The average molecular weight is 589 g/mol. The average Bonchev–Trinajstić information content (AvgIpc) is 3.10. The van der Waals surface area contributed by atoms with Gasteiger partial charge in [0.15, 0.2) is 0 Å². The third-order valence-corrected chi connectivity index (χ3v) is 6.98. The summed E-state index contributed by atoms with van der Waals surface area (Å²) in [4.78, 5) is 60.6. The first kappa shape index (κ1) is 31.5. The fourth-order valence-corrected chi connectivity index (χ4v) is 4.94. The number of hydrogen-bond acceptors (Lipinski definition) is 9. The van der Waals surface area contributed by atoms with E-state index >= 15 is 0 Å². The third kappa shape index (κ3) is 8.01. The summed E-state index contributed by atoms with van der Waals surface area (Å²) >= 11 is 6.19. The summed E-state index contributed by atoms with van der Waals surface area (Å²) in [5.74, 6) is -2.67. The quantitative estimate of drug-likeness (QED) is 0.270. The van der Waals surface area contributed by atoms with Crippen molar-refractivity contribution >= 4 is 40.9 Å². The van der Waals surface area contributed by atoms with Gasteiger partial charge in [-0.3, -0.25) is 39.9 Å². The zero-order valence-corrected chi connectivity index (χ0v) is 23.8. The Balaban J connectivity index is 1.93. The number of methoxy groups -OCH3 is 1. The van der Waals surface area contributed by atoms with Gasteiger partial charge in [0.1, 0.15) is 17.1 Å². The lowest BCUT2D eigenvalue weighted by Crippen LogP contribution is -2.45. The second-order valence-corrected chi connectivity index (χ2v) is 9.96. The van der Waals surface area contributed by atoms with Crippen molar-refractivity contribution in [2.75, 3.05) is 26.8 Å². The third-order valence-electron chi connectivity index (χ3n) is 6.75. The molecule has 0 aromatic heterocycles. The molecule has 3 rings (SSSR count). The molecule has 2 amide bonds. The molecule has 0 fully saturated rings. The number of amides is 2. The van der Waals surface area contributed by atoms with Gasteiger partial charge in [-0.2, -0.15) is 0 Å². The molecule has 1 aliphatic rings. The number of carboxylic acid groups (broad SMARTS) is 1. The first-order chi connectivity index (χ1) is 19.6. The maximum atomic E-state index is 13.8. The van der Waals surface area contributed by atoms with Crippen molar-refractivity contribution in [1.29, 1.82) is 0 Å². The van der Waals surface area contributed by atoms with E-state index < -0.39 is 45.8 Å². The lowest BCUT2D eigenvalue weighted by Gasteiger charge is -2.26. The number of rotatable bonds is 12. The number of hydrogen-bond donors (Lipinski definition) is 2. The highest BCUT2D eigenvalue weighted by Gasteiger charge is 2.34. The number of imide groups is 1. The zero-order chi connectivity index (χ0) is 30.1. The van der Waals surface area contributed by atoms with E-state index in [0.29, 0.717) is 47.2 Å². The van der Waals surface area contributed by atoms with Crippen LogP contribution in [0.5, 0.6) is 5.75 Å². The molecule has 1 aliphatic heterocycles. The van der Waals surface area contributed by atoms with Crippen LogP contribution in [0, 0.1) is 16.0 Å². The lowest BCUT2D eigenvalue weighted by atomic mass is 9.89. The lowest BCUT2D eigenvalue weighted by molar-refractivity contribution is -0.385. The number of nitro groups is 1. The van der Waals surface area contributed by atoms with Crippen molar-refractivity contribution < 1.29 is 34.0 Å². The molecule has 0 saturated heterocycles. The molecule has 0 aliphatic carbocycles. The molecule has 0 spiro atoms. The molecule has 1 heterocycles. The van der Waals surface area contributed by atoms with Crippen molar-refractivity contribution in [2.24, 2.45) is 10.9 Å². The highest BCUT2D eigenvalue weighted by atomic mass is 35.5. The van der Waals surface area contributed by atoms with Gasteiger partial charge in [-0.25, -0.2) is 4.79 Å². The van der Waals surface area contributed by atoms with E-state index in [1.807, 2.05) is 6.92 Å². The number of nitro benzene ring substituents is 1. The minimum Gasteiger partial charge on any atom is -0.496 e. The van der Waals surface area contributed by atoms with E-state index in [9.17, 15) is 29.6 Å². The standard InChI is InChI=1S/C28H33ClN4O8/c1-4-6-17(18-7-9-22(28(36)37)23(13-18)33(38)39)14-26(34)32-16-25(31-41-5-2)30-15-20(27(32)35)11-19-12-21(29)8-10-24(19)40-3/h7-10,12-13,17,20H,4-6,11,14-16H2,1-3H3,(H,30,31)(H,36,37)/t17-,20?/m0/s1. The molecule has 0 radical (unpaired) electrons. The van der Waals surface area contributed by atoms with E-state index in [1.165, 1.54) is 25.3 Å². The number of nitrogens with one attached hydrogen (secondary N) is 1. The topological polar surface area (TPSA) is 161 Å². The number of halogens is 1. The van der Waals surface area contributed by atoms with Crippen LogP contribution in [0.4, 0.5) is 5.69 Å². The number of carbonyl (C=O) groups excluding carboxylic acids is 2. The van der Waals surface area contributed by atoms with Gasteiger partial charge in [0.2, 0.25) is 11.8 Å². The van der Waals surface area contributed by atoms with Gasteiger partial charge in [0, 0.05) is 17.5 Å². The van der Waals surface area contributed by atoms with E-state index in [1.54, 1.807) is 25.1 Å². The molecule has 1 unspecified atom stereocenters. The summed E-state index contributed by atoms with van der Waals surface area (Å²) in [6, 6.07) is 8.93. The molecule has 0 bridgehead atoms. The number of amidine groups is 1. The van der Waals surface area contributed by atoms with Crippen LogP contribution < -0.4 is 10.2 Å². The summed E-state index contributed by atoms with van der Waals surface area (Å²) in [5, 5.41) is 21.4. The van der Waals surface area contributed by atoms with Gasteiger partial charge in [0.25, 0.3) is 5.69 Å². The first-order valence-corrected chi connectivity index (χ1v) is 13.6. The van der Waals surface area contributed by atoms with Crippen LogP contribution in [-0.4, -0.2) is 65.4 Å². The molecule has 220 valence electrons. The molecule has 2 aromatic carbocycles. The number of aliphatic imine (C=N–C) groups is 1. The number of nitrogens with zero attached hydrogens (tertiary/aromatic N) is 3. The van der Waals surface area contributed by atoms with Gasteiger partial charge in [-0.05, 0) is 61.1 Å². The Morgan fingerprint density at radius 1 is 1.27 bits per heavy atom. The smallest absolute Gasteiger partial charge is 0.342 e. The van der Waals surface area contributed by atoms with Gasteiger partial charge in [0.05, 0.1) is 37.6 Å². The highest BCUT2D eigenvalue weighted by molar-refractivity contribution is 6.30. The van der Waals surface area contributed by atoms with Crippen molar-refractivity contribution in [3.8, 4) is 5.75 Å². The summed E-state index contributed by atoms with van der Waals surface area (Å²) in [6.45, 7) is 3.96. The fraction of sp³-hybridized carbons (Fsp3) is 0.429. The molecule has 13 heteroatoms. The molecule has 2 aromatic rings. The van der Waals surface area contributed by atoms with E-state index in [0.717, 1.165) is 4.90 Å². The van der Waals surface area contributed by atoms with Crippen LogP contribution in [0.15, 0.2) is 41.4 Å². The number of carboxylic acids is 1. The summed E-state index contributed by atoms with van der Waals surface area (Å²) in [5.41, 5.74) is 2.85. The van der Waals surface area contributed by atoms with Crippen molar-refractivity contribution in [3.05, 3.63) is 68.2 Å². The maximum Gasteiger partial charge on any atom is 0.342 e. The Labute approximate surface area is 242 Å². The van der Waals surface area contributed by atoms with Crippen LogP contribution in [-0.2, 0) is 20.8 Å². The Hall–Kier alpha value is -4.03. The monoisotopic (exact) mass is 588 g/mol. The number of benzene rings is 2. The summed E-state index contributed by atoms with van der Waals surface area (Å²) < 4.78 is 5.43. The van der Waals surface area contributed by atoms with Crippen LogP contribution in [0.25, 0.3) is 0 Å². The molecule has 0 saturated carbocycles. The van der Waals surface area contributed by atoms with Crippen LogP contribution in [0.3, 0.4) is 0 Å². The second kappa shape index (κ2) is 14.6. The zero-order valence-electron chi connectivity index (χ0n) is 23.1. The Morgan fingerprint density at radius 3 is 2.66 bits per heavy atom. The SMILES string of the molecule is CCC[C@@H](CC(=O)N1CC(NOCC)=NCC(Cc2cc(Cl)ccc2OC)C1=O)c1ccc(C(=O)O)c([N+](=O)[O-])c1. The van der Waals surface area contributed by atoms with E-state index in [2.05, 4.69) is 10.5 Å². The predicted molar refractivity (Wildman–Crippen MR) is 151 cm³/mol. The second-order valence-electron chi connectivity index (χ2n) is 9.53. The Morgan fingerprint density at radius 2 is 2.02 bits per heavy atom. The Kier molecular flexibility index (Phi) is 11.2. The van der Waals surface area contributed by atoms with E-state index in [4.69, 9.17) is 21.2 Å². The molecular weight excluding hydrogens is 556 g/mol. The number of hydroxylamine groups is 1. The number of aromatic carboxylic acids is 1. The molecule has 12 nitrogen and oxygen atoms in total. The van der Waals surface area contributed by atoms with Crippen LogP contribution >= 0.6 is 11.6 Å². The Bertz CT molecular complexity index is 1330. The van der Waals surface area contributed by atoms with Crippen molar-refractivity contribution in [1.82, 2.24) is 10.4 Å². The fourth-order valence-electron chi connectivity index (χ4n) is 4.74. The number of carbonyl (C=O) groups is 3. The van der Waals surface area contributed by atoms with Crippen molar-refractivity contribution in [3.63, 3.8) is 0 Å². The molecule has 2 N–H and O–H groups in total. The van der Waals surface area contributed by atoms with Gasteiger partial charge >= 0.3 is 5.97 Å². The predicted octanol–water partition coefficient (Wildman–Crippen LogP) is 4.40. The normalized spacial score (nSPS) is 16.0. The maximum absolute atomic E-state index is 13.8. The highest BCUT2D eigenvalue weighted by Crippen LogP contribution is 2.32. The number of ether oxygens (including phenoxy) is 1. The van der Waals surface area contributed by atoms with Gasteiger partial charge < -0.3 is 9.84 Å². The molecule has 2 atom stereocenters. The first-order valence-electron chi connectivity index (χ1n) is 13.2. The summed E-state index contributed by atoms with van der Waals surface area (Å²) in [7, 11) is 1.51. The van der Waals surface area contributed by atoms with Gasteiger partial charge in [-0.15, -0.1) is 0 Å². The van der Waals surface area contributed by atoms with E-state index in [-0.39, 0.29) is 25.9 Å². The van der Waals surface area contributed by atoms with Crippen molar-refractivity contribution in [2.45, 2.75) is 45.4 Å². The van der Waals surface area contributed by atoms with Crippen LogP contribution in [0.2, 0.25) is 5.02 Å². The minimum atomic E-state index is -1.42. The molecular formula is C28H33ClN4O8. The largest absolute Gasteiger partial charge is 0.496 e. The van der Waals surface area contributed by atoms with Gasteiger partial charge in [-0.1, -0.05) is 31.0 Å². The summed E-state index contributed by atoms with van der Waals surface area (Å²) in [6.07, 6.45) is 1.23. The molecule has 41 heavy (non-hydrogen) atoms. The minimum absolute atomic E-state index is 0.0922. The van der Waals surface area contributed by atoms with Crippen LogP contribution in [0.1, 0.15) is 60.5 Å².